The molecule has 0 rings (SSSR count). The van der Waals surface area contributed by atoms with Gasteiger partial charge in [0, 0.05) is 0 Å². The van der Waals surface area contributed by atoms with Gasteiger partial charge in [0.05, 0.1) is 19.3 Å². The molecule has 0 amide bonds. The maximum absolute atomic E-state index is 11.8. The van der Waals surface area contributed by atoms with Crippen molar-refractivity contribution >= 4 is 7.60 Å². The van der Waals surface area contributed by atoms with E-state index in [9.17, 15) is 4.57 Å². The van der Waals surface area contributed by atoms with Gasteiger partial charge in [0.2, 0.25) is 0 Å². The highest BCUT2D eigenvalue weighted by molar-refractivity contribution is 7.53. The molecule has 1 atom stereocenters. The Kier molecular flexibility index (Phi) is 7.11. The molecular weight excluding hydrogens is 203 g/mol. The highest BCUT2D eigenvalue weighted by atomic mass is 31.2. The normalized spacial score (nSPS) is 13.9. The van der Waals surface area contributed by atoms with E-state index < -0.39 is 7.60 Å². The van der Waals surface area contributed by atoms with Gasteiger partial charge < -0.3 is 13.8 Å². The van der Waals surface area contributed by atoms with Crippen molar-refractivity contribution in [3.05, 3.63) is 12.7 Å². The Labute approximate surface area is 85.8 Å². The lowest BCUT2D eigenvalue weighted by molar-refractivity contribution is 0.105. The molecule has 0 aromatic heterocycles. The van der Waals surface area contributed by atoms with Crippen LogP contribution in [0.5, 0.6) is 0 Å². The van der Waals surface area contributed by atoms with Crippen LogP contribution in [-0.2, 0) is 18.3 Å². The predicted octanol–water partition coefficient (Wildman–Crippen LogP) is 2.80. The number of ether oxygens (including phenoxy) is 1. The maximum atomic E-state index is 11.8. The van der Waals surface area contributed by atoms with Crippen LogP contribution in [0.3, 0.4) is 0 Å². The van der Waals surface area contributed by atoms with Crippen LogP contribution in [-0.4, -0.2) is 25.7 Å². The van der Waals surface area contributed by atoms with Gasteiger partial charge in [-0.3, -0.25) is 4.57 Å². The third kappa shape index (κ3) is 5.55. The fourth-order valence-electron chi connectivity index (χ4n) is 0.782. The smallest absolute Gasteiger partial charge is 0.356 e. The van der Waals surface area contributed by atoms with Crippen LogP contribution in [0.4, 0.5) is 0 Å². The van der Waals surface area contributed by atoms with Crippen LogP contribution in [0.1, 0.15) is 20.8 Å². The van der Waals surface area contributed by atoms with Gasteiger partial charge in [0.15, 0.2) is 0 Å². The second-order valence-electron chi connectivity index (χ2n) is 2.68. The minimum atomic E-state index is -3.06. The van der Waals surface area contributed by atoms with Crippen molar-refractivity contribution in [3.63, 3.8) is 0 Å². The highest BCUT2D eigenvalue weighted by Crippen LogP contribution is 2.48. The van der Waals surface area contributed by atoms with E-state index in [4.69, 9.17) is 13.8 Å². The third-order valence-corrected chi connectivity index (χ3v) is 3.25. The molecule has 14 heavy (non-hydrogen) atoms. The van der Waals surface area contributed by atoms with E-state index in [2.05, 4.69) is 6.58 Å². The lowest BCUT2D eigenvalue weighted by Crippen LogP contribution is -2.09. The summed E-state index contributed by atoms with van der Waals surface area (Å²) in [5.74, 6) is 0. The Morgan fingerprint density at radius 3 is 2.21 bits per heavy atom. The van der Waals surface area contributed by atoms with Crippen LogP contribution >= 0.6 is 7.60 Å². The van der Waals surface area contributed by atoms with Gasteiger partial charge in [-0.1, -0.05) is 6.08 Å². The van der Waals surface area contributed by atoms with Gasteiger partial charge in [0.25, 0.3) is 0 Å². The molecule has 0 heterocycles. The molecular formula is C9H19O4P. The van der Waals surface area contributed by atoms with Crippen molar-refractivity contribution in [2.75, 3.05) is 19.6 Å². The lowest BCUT2D eigenvalue weighted by atomic mass is 10.4. The molecule has 0 aliphatic carbocycles. The summed E-state index contributed by atoms with van der Waals surface area (Å²) in [5, 5.41) is 0. The van der Waals surface area contributed by atoms with E-state index in [1.807, 2.05) is 6.92 Å². The second kappa shape index (κ2) is 7.18. The van der Waals surface area contributed by atoms with E-state index in [0.29, 0.717) is 13.2 Å². The predicted molar refractivity (Wildman–Crippen MR) is 56.5 cm³/mol. The van der Waals surface area contributed by atoms with Crippen molar-refractivity contribution in [1.29, 1.82) is 0 Å². The Bertz CT molecular complexity index is 195. The summed E-state index contributed by atoms with van der Waals surface area (Å²) in [6.07, 6.45) is 1.45. The average Bonchev–Trinajstić information content (AvgIpc) is 2.15. The topological polar surface area (TPSA) is 44.8 Å². The summed E-state index contributed by atoms with van der Waals surface area (Å²) in [6, 6.07) is 0. The monoisotopic (exact) mass is 222 g/mol. The Hall–Kier alpha value is -0.150. The molecule has 1 unspecified atom stereocenters. The van der Waals surface area contributed by atoms with Gasteiger partial charge in [-0.2, -0.15) is 0 Å². The summed E-state index contributed by atoms with van der Waals surface area (Å²) in [7, 11) is -3.06. The van der Waals surface area contributed by atoms with Gasteiger partial charge in [-0.25, -0.2) is 0 Å². The molecule has 0 spiro atoms. The second-order valence-corrected chi connectivity index (χ2v) is 4.68. The zero-order valence-corrected chi connectivity index (χ0v) is 9.96. The minimum absolute atomic E-state index is 0.0259. The molecule has 0 radical (unpaired) electrons. The Morgan fingerprint density at radius 2 is 1.86 bits per heavy atom. The molecule has 4 nitrogen and oxygen atoms in total. The van der Waals surface area contributed by atoms with E-state index >= 15 is 0 Å². The SMILES string of the molecule is C=CC(C)OCP(=O)(OCC)OCC. The number of hydrogen-bond acceptors (Lipinski definition) is 4. The fraction of sp³-hybridized carbons (Fsp3) is 0.778. The first kappa shape index (κ1) is 13.8. The minimum Gasteiger partial charge on any atom is -0.362 e. The summed E-state index contributed by atoms with van der Waals surface area (Å²) < 4.78 is 27.1. The Morgan fingerprint density at radius 1 is 1.36 bits per heavy atom. The van der Waals surface area contributed by atoms with Crippen molar-refractivity contribution in [3.8, 4) is 0 Å². The van der Waals surface area contributed by atoms with Gasteiger partial charge >= 0.3 is 7.60 Å². The first-order chi connectivity index (χ1) is 6.58. The number of rotatable bonds is 8. The summed E-state index contributed by atoms with van der Waals surface area (Å²) in [5.41, 5.74) is 0. The van der Waals surface area contributed by atoms with Crippen molar-refractivity contribution in [1.82, 2.24) is 0 Å². The van der Waals surface area contributed by atoms with E-state index in [1.165, 1.54) is 0 Å². The average molecular weight is 222 g/mol. The highest BCUT2D eigenvalue weighted by Gasteiger charge is 2.24. The molecule has 84 valence electrons. The van der Waals surface area contributed by atoms with Crippen LogP contribution < -0.4 is 0 Å². The van der Waals surface area contributed by atoms with Crippen molar-refractivity contribution < 1.29 is 18.3 Å². The van der Waals surface area contributed by atoms with Crippen molar-refractivity contribution in [2.24, 2.45) is 0 Å². The first-order valence-electron chi connectivity index (χ1n) is 4.70. The molecule has 0 aliphatic rings. The molecule has 0 aromatic carbocycles. The molecule has 0 aliphatic heterocycles. The lowest BCUT2D eigenvalue weighted by Gasteiger charge is -2.18. The maximum Gasteiger partial charge on any atom is 0.356 e. The third-order valence-electron chi connectivity index (χ3n) is 1.48. The van der Waals surface area contributed by atoms with Crippen LogP contribution in [0.15, 0.2) is 12.7 Å². The van der Waals surface area contributed by atoms with E-state index in [-0.39, 0.29) is 12.5 Å². The summed E-state index contributed by atoms with van der Waals surface area (Å²) in [4.78, 5) is 0. The molecule has 0 bridgehead atoms. The first-order valence-corrected chi connectivity index (χ1v) is 6.43. The molecule has 0 saturated heterocycles. The standard InChI is InChI=1S/C9H19O4P/c1-5-9(4)11-8-14(10,12-6-2)13-7-3/h5,9H,1,6-8H2,2-4H3. The van der Waals surface area contributed by atoms with Crippen LogP contribution in [0.2, 0.25) is 0 Å². The fourth-order valence-corrected chi connectivity index (χ4v) is 2.21. The van der Waals surface area contributed by atoms with E-state index in [1.54, 1.807) is 19.9 Å². The summed E-state index contributed by atoms with van der Waals surface area (Å²) >= 11 is 0. The molecule has 0 saturated carbocycles. The number of hydrogen-bond donors (Lipinski definition) is 0. The van der Waals surface area contributed by atoms with Crippen LogP contribution in [0.25, 0.3) is 0 Å². The van der Waals surface area contributed by atoms with Gasteiger partial charge in [-0.15, -0.1) is 6.58 Å². The Balaban J connectivity index is 4.08. The van der Waals surface area contributed by atoms with Crippen molar-refractivity contribution in [2.45, 2.75) is 26.9 Å². The molecule has 0 aromatic rings. The largest absolute Gasteiger partial charge is 0.362 e. The zero-order valence-electron chi connectivity index (χ0n) is 9.06. The quantitative estimate of drug-likeness (QED) is 0.468. The molecule has 5 heteroatoms. The molecule has 0 fully saturated rings. The van der Waals surface area contributed by atoms with Crippen LogP contribution in [0, 0.1) is 0 Å². The molecule has 0 N–H and O–H groups in total. The zero-order chi connectivity index (χ0) is 11.0. The van der Waals surface area contributed by atoms with Gasteiger partial charge in [-0.05, 0) is 20.8 Å². The van der Waals surface area contributed by atoms with Gasteiger partial charge in [0.1, 0.15) is 6.35 Å². The van der Waals surface area contributed by atoms with E-state index in [0.717, 1.165) is 0 Å². The summed E-state index contributed by atoms with van der Waals surface area (Å²) in [6.45, 7) is 9.61.